The molecule has 2 saturated heterocycles. The lowest BCUT2D eigenvalue weighted by molar-refractivity contribution is -0.0873. The molecule has 4 rings (SSSR count). The molecule has 2 aliphatic heterocycles. The first-order valence-corrected chi connectivity index (χ1v) is 10.1. The standard InChI is InChI=1S/C22H28FN3O3.ClH/c1-16-2-4-17(5-3-16)13-24-14-19-15-26(22(27)29-19)18-6-7-21(20(23)12-18)25-8-10-28-11-9-25;/h2-7,12,19,22,24,27H,8-11,13-15H2,1H3;1H/t19-,22?;/m0./s1. The minimum absolute atomic E-state index is 0. The summed E-state index contributed by atoms with van der Waals surface area (Å²) in [6.45, 7) is 6.48. The van der Waals surface area contributed by atoms with Gasteiger partial charge in [0.25, 0.3) is 0 Å². The van der Waals surface area contributed by atoms with Crippen molar-refractivity contribution in [3.63, 3.8) is 0 Å². The van der Waals surface area contributed by atoms with E-state index in [9.17, 15) is 9.50 Å². The van der Waals surface area contributed by atoms with Gasteiger partial charge in [0, 0.05) is 31.9 Å². The Hall–Kier alpha value is -1.90. The summed E-state index contributed by atoms with van der Waals surface area (Å²) in [5, 5.41) is 13.7. The Morgan fingerprint density at radius 1 is 1.13 bits per heavy atom. The number of nitrogens with zero attached hydrogens (tertiary/aromatic N) is 2. The molecular weight excluding hydrogens is 409 g/mol. The van der Waals surface area contributed by atoms with Crippen LogP contribution in [0.4, 0.5) is 15.8 Å². The van der Waals surface area contributed by atoms with Crippen molar-refractivity contribution in [1.82, 2.24) is 5.32 Å². The van der Waals surface area contributed by atoms with Gasteiger partial charge in [-0.1, -0.05) is 29.8 Å². The number of aliphatic hydroxyl groups excluding tert-OH is 1. The summed E-state index contributed by atoms with van der Waals surface area (Å²) in [4.78, 5) is 3.67. The maximum atomic E-state index is 14.7. The van der Waals surface area contributed by atoms with Gasteiger partial charge in [0.1, 0.15) is 5.82 Å². The zero-order valence-corrected chi connectivity index (χ0v) is 17.9. The smallest absolute Gasteiger partial charge is 0.238 e. The minimum Gasteiger partial charge on any atom is -0.378 e. The molecule has 0 spiro atoms. The first-order valence-electron chi connectivity index (χ1n) is 10.1. The molecule has 6 nitrogen and oxygen atoms in total. The van der Waals surface area contributed by atoms with E-state index in [1.807, 2.05) is 11.0 Å². The van der Waals surface area contributed by atoms with E-state index in [4.69, 9.17) is 9.47 Å². The van der Waals surface area contributed by atoms with Crippen LogP contribution in [0.1, 0.15) is 11.1 Å². The quantitative estimate of drug-likeness (QED) is 0.724. The second kappa shape index (κ2) is 10.4. The number of morpholine rings is 1. The van der Waals surface area contributed by atoms with Gasteiger partial charge in [-0.3, -0.25) is 0 Å². The van der Waals surface area contributed by atoms with Crippen LogP contribution in [-0.2, 0) is 16.0 Å². The Labute approximate surface area is 183 Å². The first-order chi connectivity index (χ1) is 14.1. The van der Waals surface area contributed by atoms with E-state index in [1.165, 1.54) is 17.2 Å². The van der Waals surface area contributed by atoms with E-state index in [0.29, 0.717) is 50.8 Å². The molecule has 0 bridgehead atoms. The van der Waals surface area contributed by atoms with Crippen molar-refractivity contribution in [3.05, 3.63) is 59.4 Å². The summed E-state index contributed by atoms with van der Waals surface area (Å²) in [5.41, 5.74) is 3.63. The maximum Gasteiger partial charge on any atom is 0.238 e. The third-order valence-corrected chi connectivity index (χ3v) is 5.42. The number of aryl methyl sites for hydroxylation is 1. The average molecular weight is 438 g/mol. The predicted molar refractivity (Wildman–Crippen MR) is 118 cm³/mol. The number of hydrogen-bond acceptors (Lipinski definition) is 6. The normalized spacial score (nSPS) is 21.6. The van der Waals surface area contributed by atoms with Crippen molar-refractivity contribution in [1.29, 1.82) is 0 Å². The monoisotopic (exact) mass is 437 g/mol. The molecule has 1 unspecified atom stereocenters. The SMILES string of the molecule is Cc1ccc(CNC[C@H]2CN(c3ccc(N4CCOCC4)c(F)c3)C(O)O2)cc1.Cl. The number of halogens is 2. The van der Waals surface area contributed by atoms with Gasteiger partial charge in [-0.15, -0.1) is 12.4 Å². The van der Waals surface area contributed by atoms with E-state index in [-0.39, 0.29) is 24.3 Å². The largest absolute Gasteiger partial charge is 0.378 e. The Morgan fingerprint density at radius 3 is 2.57 bits per heavy atom. The van der Waals surface area contributed by atoms with Gasteiger partial charge in [0.15, 0.2) is 0 Å². The van der Waals surface area contributed by atoms with Crippen LogP contribution in [0.2, 0.25) is 0 Å². The Morgan fingerprint density at radius 2 is 1.87 bits per heavy atom. The molecule has 0 amide bonds. The van der Waals surface area contributed by atoms with Crippen LogP contribution in [0.15, 0.2) is 42.5 Å². The van der Waals surface area contributed by atoms with E-state index in [2.05, 4.69) is 36.5 Å². The highest BCUT2D eigenvalue weighted by Gasteiger charge is 2.32. The molecular formula is C22H29ClFN3O3. The molecule has 2 aliphatic rings. The lowest BCUT2D eigenvalue weighted by Gasteiger charge is -2.30. The molecule has 0 aromatic heterocycles. The van der Waals surface area contributed by atoms with Crippen LogP contribution < -0.4 is 15.1 Å². The molecule has 0 aliphatic carbocycles. The van der Waals surface area contributed by atoms with Gasteiger partial charge < -0.3 is 29.7 Å². The highest BCUT2D eigenvalue weighted by molar-refractivity contribution is 5.85. The van der Waals surface area contributed by atoms with Crippen molar-refractivity contribution >= 4 is 23.8 Å². The highest BCUT2D eigenvalue weighted by atomic mass is 35.5. The van der Waals surface area contributed by atoms with Crippen LogP contribution in [0.25, 0.3) is 0 Å². The van der Waals surface area contributed by atoms with E-state index in [1.54, 1.807) is 11.0 Å². The van der Waals surface area contributed by atoms with Crippen LogP contribution >= 0.6 is 12.4 Å². The second-order valence-electron chi connectivity index (χ2n) is 7.59. The number of anilines is 2. The molecule has 2 aromatic rings. The van der Waals surface area contributed by atoms with E-state index < -0.39 is 6.41 Å². The van der Waals surface area contributed by atoms with Gasteiger partial charge in [0.2, 0.25) is 6.41 Å². The molecule has 0 radical (unpaired) electrons. The Balaban J connectivity index is 0.00000256. The molecule has 30 heavy (non-hydrogen) atoms. The van der Waals surface area contributed by atoms with Crippen molar-refractivity contribution in [2.45, 2.75) is 26.0 Å². The van der Waals surface area contributed by atoms with Crippen LogP contribution in [0, 0.1) is 12.7 Å². The van der Waals surface area contributed by atoms with Gasteiger partial charge in [0.05, 0.1) is 31.5 Å². The lowest BCUT2D eigenvalue weighted by atomic mass is 10.1. The third-order valence-electron chi connectivity index (χ3n) is 5.42. The first kappa shape index (κ1) is 22.8. The molecule has 0 saturated carbocycles. The van der Waals surface area contributed by atoms with Gasteiger partial charge in [-0.25, -0.2) is 4.39 Å². The number of ether oxygens (including phenoxy) is 2. The molecule has 2 atom stereocenters. The highest BCUT2D eigenvalue weighted by Crippen LogP contribution is 2.29. The summed E-state index contributed by atoms with van der Waals surface area (Å²) >= 11 is 0. The van der Waals surface area contributed by atoms with Gasteiger partial charge >= 0.3 is 0 Å². The van der Waals surface area contributed by atoms with Crippen molar-refractivity contribution in [3.8, 4) is 0 Å². The summed E-state index contributed by atoms with van der Waals surface area (Å²) in [6, 6.07) is 13.4. The number of rotatable bonds is 6. The molecule has 2 heterocycles. The lowest BCUT2D eigenvalue weighted by Crippen LogP contribution is -2.37. The van der Waals surface area contributed by atoms with Gasteiger partial charge in [-0.05, 0) is 30.7 Å². The predicted octanol–water partition coefficient (Wildman–Crippen LogP) is 2.66. The number of benzene rings is 2. The molecule has 2 aromatic carbocycles. The number of hydrogen-bond donors (Lipinski definition) is 2. The number of aliphatic hydroxyl groups is 1. The summed E-state index contributed by atoms with van der Waals surface area (Å²) in [5.74, 6) is -0.294. The van der Waals surface area contributed by atoms with Crippen LogP contribution in [0.3, 0.4) is 0 Å². The zero-order chi connectivity index (χ0) is 20.2. The number of nitrogens with one attached hydrogen (secondary N) is 1. The van der Waals surface area contributed by atoms with E-state index in [0.717, 1.165) is 6.54 Å². The van der Waals surface area contributed by atoms with Crippen LogP contribution in [0.5, 0.6) is 0 Å². The summed E-state index contributed by atoms with van der Waals surface area (Å²) in [6.07, 6.45) is -1.24. The van der Waals surface area contributed by atoms with Crippen molar-refractivity contribution in [2.75, 3.05) is 49.2 Å². The fraction of sp³-hybridized carbons (Fsp3) is 0.455. The Kier molecular flexibility index (Phi) is 7.91. The van der Waals surface area contributed by atoms with Crippen molar-refractivity contribution < 1.29 is 19.0 Å². The van der Waals surface area contributed by atoms with Crippen molar-refractivity contribution in [2.24, 2.45) is 0 Å². The van der Waals surface area contributed by atoms with Gasteiger partial charge in [-0.2, -0.15) is 0 Å². The Bertz CT molecular complexity index is 818. The zero-order valence-electron chi connectivity index (χ0n) is 17.1. The third kappa shape index (κ3) is 5.42. The molecule has 2 N–H and O–H groups in total. The molecule has 2 fully saturated rings. The fourth-order valence-electron chi connectivity index (χ4n) is 3.76. The van der Waals surface area contributed by atoms with E-state index >= 15 is 0 Å². The van der Waals surface area contributed by atoms with Crippen LogP contribution in [-0.4, -0.2) is 57.0 Å². The minimum atomic E-state index is -1.07. The topological polar surface area (TPSA) is 57.2 Å². The molecule has 8 heteroatoms. The summed E-state index contributed by atoms with van der Waals surface area (Å²) < 4.78 is 25.7. The molecule has 164 valence electrons. The maximum absolute atomic E-state index is 14.7. The fourth-order valence-corrected chi connectivity index (χ4v) is 3.76. The second-order valence-corrected chi connectivity index (χ2v) is 7.59. The average Bonchev–Trinajstić information content (AvgIpc) is 3.10. The summed E-state index contributed by atoms with van der Waals surface area (Å²) in [7, 11) is 0.